The summed E-state index contributed by atoms with van der Waals surface area (Å²) in [4.78, 5) is 0. The number of rotatable bonds is 3. The normalized spacial score (nSPS) is 12.3. The van der Waals surface area contributed by atoms with E-state index in [0.717, 1.165) is 24.3 Å². The number of hydrogen-bond donors (Lipinski definition) is 4. The van der Waals surface area contributed by atoms with Crippen LogP contribution in [0.15, 0.2) is 24.3 Å². The summed E-state index contributed by atoms with van der Waals surface area (Å²) >= 11 is 0. The second kappa shape index (κ2) is 7.32. The third-order valence-corrected chi connectivity index (χ3v) is 2.91. The summed E-state index contributed by atoms with van der Waals surface area (Å²) in [5.41, 5.74) is -1.92. The lowest BCUT2D eigenvalue weighted by Crippen LogP contribution is -2.44. The first-order chi connectivity index (χ1) is 9.63. The average molecular weight is 324 g/mol. The van der Waals surface area contributed by atoms with E-state index in [1.165, 1.54) is 0 Å². The molecule has 4 N–H and O–H groups in total. The highest BCUT2D eigenvalue weighted by molar-refractivity contribution is 6.58. The summed E-state index contributed by atoms with van der Waals surface area (Å²) in [5, 5.41) is 35.5. The van der Waals surface area contributed by atoms with E-state index in [1.807, 2.05) is 0 Å². The Balaban J connectivity index is 0.000000472. The van der Waals surface area contributed by atoms with Gasteiger partial charge < -0.3 is 25.0 Å². The van der Waals surface area contributed by atoms with Crippen LogP contribution in [-0.2, 0) is 0 Å². The largest absolute Gasteiger partial charge is 0.573 e. The number of benzene rings is 1. The fourth-order valence-electron chi connectivity index (χ4n) is 0.842. The molecule has 0 fully saturated rings. The molecule has 1 aromatic carbocycles. The lowest BCUT2D eigenvalue weighted by molar-refractivity contribution is -0.274. The first-order valence-corrected chi connectivity index (χ1v) is 6.30. The lowest BCUT2D eigenvalue weighted by Gasteiger charge is -2.31. The Morgan fingerprint density at radius 3 is 1.45 bits per heavy atom. The summed E-state index contributed by atoms with van der Waals surface area (Å²) in [6.07, 6.45) is -4.74. The van der Waals surface area contributed by atoms with Crippen LogP contribution in [0.5, 0.6) is 5.75 Å². The molecule has 0 saturated carbocycles. The van der Waals surface area contributed by atoms with Crippen molar-refractivity contribution in [1.82, 2.24) is 0 Å². The minimum atomic E-state index is -4.74. The molecule has 0 unspecified atom stereocenters. The number of halogens is 3. The topological polar surface area (TPSA) is 90.2 Å². The van der Waals surface area contributed by atoms with Crippen molar-refractivity contribution in [3.63, 3.8) is 0 Å². The van der Waals surface area contributed by atoms with E-state index in [9.17, 15) is 13.2 Å². The van der Waals surface area contributed by atoms with Gasteiger partial charge in [0.1, 0.15) is 5.75 Å². The smallest absolute Gasteiger partial charge is 0.423 e. The van der Waals surface area contributed by atoms with Crippen LogP contribution in [0.4, 0.5) is 13.2 Å². The Morgan fingerprint density at radius 1 is 0.864 bits per heavy atom. The van der Waals surface area contributed by atoms with Crippen LogP contribution in [0.2, 0.25) is 0 Å². The maximum absolute atomic E-state index is 11.7. The van der Waals surface area contributed by atoms with Gasteiger partial charge in [0.25, 0.3) is 0 Å². The van der Waals surface area contributed by atoms with Crippen LogP contribution in [0.1, 0.15) is 27.7 Å². The fourth-order valence-corrected chi connectivity index (χ4v) is 0.842. The van der Waals surface area contributed by atoms with Gasteiger partial charge in [-0.3, -0.25) is 0 Å². The highest BCUT2D eigenvalue weighted by Crippen LogP contribution is 2.21. The zero-order valence-electron chi connectivity index (χ0n) is 12.7. The zero-order chi connectivity index (χ0) is 17.8. The Morgan fingerprint density at radius 2 is 1.23 bits per heavy atom. The highest BCUT2D eigenvalue weighted by atomic mass is 19.4. The van der Waals surface area contributed by atoms with Crippen molar-refractivity contribution in [1.29, 1.82) is 0 Å². The van der Waals surface area contributed by atoms with Gasteiger partial charge in [-0.2, -0.15) is 0 Å². The second-order valence-corrected chi connectivity index (χ2v) is 5.61. The molecule has 0 aliphatic rings. The predicted octanol–water partition coefficient (Wildman–Crippen LogP) is 0.793. The molecule has 1 rings (SSSR count). The van der Waals surface area contributed by atoms with Crippen LogP contribution in [-0.4, -0.2) is 44.9 Å². The summed E-state index contributed by atoms with van der Waals surface area (Å²) in [6.45, 7) is 6.31. The van der Waals surface area contributed by atoms with Crippen molar-refractivity contribution in [2.24, 2.45) is 0 Å². The van der Waals surface area contributed by atoms with Crippen molar-refractivity contribution < 1.29 is 38.2 Å². The van der Waals surface area contributed by atoms with Gasteiger partial charge in [-0.15, -0.1) is 13.2 Å². The van der Waals surface area contributed by atoms with Crippen molar-refractivity contribution in [3.05, 3.63) is 24.3 Å². The maximum atomic E-state index is 11.7. The van der Waals surface area contributed by atoms with Gasteiger partial charge in [-0.05, 0) is 45.3 Å². The quantitative estimate of drug-likeness (QED) is 0.618. The van der Waals surface area contributed by atoms with E-state index in [0.29, 0.717) is 0 Å². The maximum Gasteiger partial charge on any atom is 0.573 e. The van der Waals surface area contributed by atoms with Gasteiger partial charge in [0, 0.05) is 0 Å². The van der Waals surface area contributed by atoms with Crippen LogP contribution >= 0.6 is 0 Å². The first-order valence-electron chi connectivity index (χ1n) is 6.30. The number of hydrogen-bond acceptors (Lipinski definition) is 5. The zero-order valence-corrected chi connectivity index (χ0v) is 12.7. The minimum absolute atomic E-state index is 0.0968. The number of ether oxygens (including phenoxy) is 1. The molecular formula is C13H20BF3O5. The van der Waals surface area contributed by atoms with E-state index in [2.05, 4.69) is 4.74 Å². The van der Waals surface area contributed by atoms with Crippen molar-refractivity contribution in [3.8, 4) is 5.75 Å². The molecule has 0 saturated heterocycles. The summed E-state index contributed by atoms with van der Waals surface area (Å²) in [6, 6.07) is 4.27. The molecule has 0 bridgehead atoms. The number of alkyl halides is 3. The first kappa shape index (κ1) is 20.7. The third kappa shape index (κ3) is 8.23. The average Bonchev–Trinajstić information content (AvgIpc) is 2.25. The molecule has 1 aromatic rings. The van der Waals surface area contributed by atoms with Gasteiger partial charge >= 0.3 is 13.5 Å². The fraction of sp³-hybridized carbons (Fsp3) is 0.538. The Hall–Kier alpha value is -1.29. The van der Waals surface area contributed by atoms with Gasteiger partial charge in [0.15, 0.2) is 0 Å². The molecule has 0 spiro atoms. The Bertz CT molecular complexity index is 435. The van der Waals surface area contributed by atoms with Gasteiger partial charge in [0.2, 0.25) is 0 Å². The van der Waals surface area contributed by atoms with Crippen molar-refractivity contribution in [2.75, 3.05) is 0 Å². The van der Waals surface area contributed by atoms with E-state index >= 15 is 0 Å². The molecule has 0 aliphatic heterocycles. The summed E-state index contributed by atoms with van der Waals surface area (Å²) in [7, 11) is -1.70. The molecule has 0 atom stereocenters. The molecule has 0 heterocycles. The lowest BCUT2D eigenvalue weighted by atomic mass is 9.80. The van der Waals surface area contributed by atoms with E-state index in [-0.39, 0.29) is 5.46 Å². The molecule has 0 aliphatic carbocycles. The molecule has 0 amide bonds. The monoisotopic (exact) mass is 324 g/mol. The highest BCUT2D eigenvalue weighted by Gasteiger charge is 2.32. The third-order valence-electron chi connectivity index (χ3n) is 2.91. The Kier molecular flexibility index (Phi) is 6.89. The Labute approximate surface area is 127 Å². The van der Waals surface area contributed by atoms with Crippen LogP contribution in [0.25, 0.3) is 0 Å². The summed E-state index contributed by atoms with van der Waals surface area (Å²) < 4.78 is 38.6. The van der Waals surface area contributed by atoms with E-state index in [1.54, 1.807) is 27.7 Å². The van der Waals surface area contributed by atoms with Gasteiger partial charge in [-0.25, -0.2) is 0 Å². The molecule has 5 nitrogen and oxygen atoms in total. The van der Waals surface area contributed by atoms with E-state index in [4.69, 9.17) is 20.3 Å². The van der Waals surface area contributed by atoms with E-state index < -0.39 is 30.4 Å². The minimum Gasteiger partial charge on any atom is -0.423 e. The van der Waals surface area contributed by atoms with Crippen LogP contribution < -0.4 is 10.2 Å². The van der Waals surface area contributed by atoms with Crippen LogP contribution in [0, 0.1) is 0 Å². The van der Waals surface area contributed by atoms with Crippen LogP contribution in [0.3, 0.4) is 0 Å². The number of aliphatic hydroxyl groups is 2. The van der Waals surface area contributed by atoms with Gasteiger partial charge in [0.05, 0.1) is 11.2 Å². The summed E-state index contributed by atoms with van der Waals surface area (Å²) in [5.74, 6) is -0.401. The van der Waals surface area contributed by atoms with Gasteiger partial charge in [-0.1, -0.05) is 12.1 Å². The molecule has 0 aromatic heterocycles. The molecule has 0 radical (unpaired) electrons. The molecule has 22 heavy (non-hydrogen) atoms. The molecule has 126 valence electrons. The second-order valence-electron chi connectivity index (χ2n) is 5.61. The van der Waals surface area contributed by atoms with Crippen molar-refractivity contribution >= 4 is 12.6 Å². The standard InChI is InChI=1S/C7H6BF3O3.C6H14O2/c9-7(10,11)14-6-3-1-5(2-4-6)8(12)13;1-5(2,7)6(3,4)8/h1-4,12-13H;7-8H,1-4H3. The van der Waals surface area contributed by atoms with Crippen molar-refractivity contribution in [2.45, 2.75) is 45.3 Å². The predicted molar refractivity (Wildman–Crippen MR) is 75.5 cm³/mol. The SMILES string of the molecule is CC(C)(O)C(C)(C)O.OB(O)c1ccc(OC(F)(F)F)cc1. The molecule has 9 heteroatoms. The molecular weight excluding hydrogens is 304 g/mol.